The number of amides is 1. The van der Waals surface area contributed by atoms with Crippen molar-refractivity contribution in [2.45, 2.75) is 74.6 Å². The summed E-state index contributed by atoms with van der Waals surface area (Å²) in [5.41, 5.74) is 1.53. The molecule has 5 aliphatic rings. The smallest absolute Gasteiger partial charge is 0.298 e. The Labute approximate surface area is 228 Å². The number of aromatic hydroxyl groups is 1. The fourth-order valence-corrected chi connectivity index (χ4v) is 8.32. The van der Waals surface area contributed by atoms with Crippen molar-refractivity contribution in [2.75, 3.05) is 20.1 Å². The molecule has 5 atom stereocenters. The molecule has 0 unspecified atom stereocenters. The van der Waals surface area contributed by atoms with Crippen LogP contribution < -0.4 is 4.74 Å². The van der Waals surface area contributed by atoms with E-state index in [1.54, 1.807) is 18.0 Å². The molecule has 1 spiro atoms. The molecule has 2 aromatic rings. The van der Waals surface area contributed by atoms with Crippen LogP contribution >= 0.6 is 0 Å². The third kappa shape index (κ3) is 3.32. The Bertz CT molecular complexity index is 1460. The molecule has 7 rings (SSSR count). The average Bonchev–Trinajstić information content (AvgIpc) is 3.67. The number of piperidine rings is 1. The summed E-state index contributed by atoms with van der Waals surface area (Å²) in [6, 6.07) is 10.6. The van der Waals surface area contributed by atoms with Crippen LogP contribution in [0.3, 0.4) is 0 Å². The highest BCUT2D eigenvalue weighted by molar-refractivity contribution is 5.94. The van der Waals surface area contributed by atoms with Crippen molar-refractivity contribution in [2.24, 2.45) is 5.92 Å². The molecule has 2 bridgehead atoms. The summed E-state index contributed by atoms with van der Waals surface area (Å²) in [5, 5.41) is 24.2. The molecular formula is C31H33N3O5. The number of phenolic OH excluding ortho intramolecular Hbond substituents is 1. The number of nitrogens with zero attached hydrogens (tertiary/aromatic N) is 3. The van der Waals surface area contributed by atoms with Gasteiger partial charge in [-0.25, -0.2) is 0 Å². The highest BCUT2D eigenvalue weighted by atomic mass is 16.6. The third-order valence-electron chi connectivity index (χ3n) is 10.2. The number of carbonyl (C=O) groups excluding carboxylic acids is 1. The number of rotatable bonds is 4. The summed E-state index contributed by atoms with van der Waals surface area (Å²) >= 11 is 0. The van der Waals surface area contributed by atoms with E-state index in [1.807, 2.05) is 37.3 Å². The lowest BCUT2D eigenvalue weighted by molar-refractivity contribution is -0.606. The van der Waals surface area contributed by atoms with Crippen LogP contribution in [-0.4, -0.2) is 69.6 Å². The summed E-state index contributed by atoms with van der Waals surface area (Å²) in [6.45, 7) is 3.63. The molecule has 2 saturated carbocycles. The van der Waals surface area contributed by atoms with Crippen molar-refractivity contribution >= 4 is 5.91 Å². The minimum absolute atomic E-state index is 0.0144. The Morgan fingerprint density at radius 1 is 1.26 bits per heavy atom. The van der Waals surface area contributed by atoms with Crippen LogP contribution in [0.5, 0.6) is 11.5 Å². The lowest BCUT2D eigenvalue weighted by atomic mass is 9.46. The van der Waals surface area contributed by atoms with Crippen molar-refractivity contribution < 1.29 is 19.6 Å². The maximum absolute atomic E-state index is 13.4. The molecule has 202 valence electrons. The number of phenols is 1. The van der Waals surface area contributed by atoms with Gasteiger partial charge in [-0.3, -0.25) is 19.8 Å². The number of aryl methyl sites for hydroxylation is 1. The van der Waals surface area contributed by atoms with Gasteiger partial charge in [-0.05, 0) is 80.8 Å². The Morgan fingerprint density at radius 2 is 2.08 bits per heavy atom. The fraction of sp³-hybridized carbons (Fsp3) is 0.516. The molecule has 3 aliphatic carbocycles. The van der Waals surface area contributed by atoms with Gasteiger partial charge in [-0.15, -0.1) is 0 Å². The Hall–Kier alpha value is -3.57. The molecule has 8 heteroatoms. The number of likely N-dealkylation sites (tertiary alicyclic amines) is 1. The van der Waals surface area contributed by atoms with Gasteiger partial charge in [0.25, 0.3) is 11.4 Å². The first kappa shape index (κ1) is 24.5. The lowest BCUT2D eigenvalue weighted by Crippen LogP contribution is -2.80. The van der Waals surface area contributed by atoms with Gasteiger partial charge in [-0.2, -0.15) is 0 Å². The summed E-state index contributed by atoms with van der Waals surface area (Å²) in [6.07, 6.45) is 3.71. The standard InChI is InChI=1S/C31H33N3O5/c1-19-4-3-5-20(16-19)8-11-26(36)32(2)23-12-13-31(34(37)38)25-17-22-9-10-24(35)28-27(22)30(31,29(23)39-28)14-15-33(25)18-21-6-7-21/h3-5,9-10,16,21,23,25,29,35H,6-7,12-15,17-18H2,1-2H3/t23-,25-,29+,30+,31-/m1/s1. The van der Waals surface area contributed by atoms with E-state index in [9.17, 15) is 20.0 Å². The second kappa shape index (κ2) is 8.46. The van der Waals surface area contributed by atoms with Gasteiger partial charge in [0.2, 0.25) is 0 Å². The molecule has 1 amide bonds. The minimum atomic E-state index is -1.23. The Kier molecular flexibility index (Phi) is 5.31. The summed E-state index contributed by atoms with van der Waals surface area (Å²) in [5.74, 6) is 6.44. The van der Waals surface area contributed by atoms with Gasteiger partial charge in [-0.1, -0.05) is 24.1 Å². The van der Waals surface area contributed by atoms with Gasteiger partial charge in [0.15, 0.2) is 11.5 Å². The quantitative estimate of drug-likeness (QED) is 0.372. The first-order valence-corrected chi connectivity index (χ1v) is 14.0. The molecule has 2 heterocycles. The van der Waals surface area contributed by atoms with E-state index in [2.05, 4.69) is 16.7 Å². The minimum Gasteiger partial charge on any atom is -0.504 e. The number of ether oxygens (including phenoxy) is 1. The van der Waals surface area contributed by atoms with Crippen molar-refractivity contribution in [3.05, 3.63) is 68.8 Å². The Morgan fingerprint density at radius 3 is 2.82 bits per heavy atom. The molecule has 8 nitrogen and oxygen atoms in total. The van der Waals surface area contributed by atoms with E-state index in [0.717, 1.165) is 35.3 Å². The van der Waals surface area contributed by atoms with Gasteiger partial charge in [0.05, 0.1) is 12.1 Å². The van der Waals surface area contributed by atoms with Crippen LogP contribution in [0.1, 0.15) is 54.4 Å². The number of benzene rings is 2. The monoisotopic (exact) mass is 527 g/mol. The molecule has 39 heavy (non-hydrogen) atoms. The maximum atomic E-state index is 13.4. The third-order valence-corrected chi connectivity index (χ3v) is 10.2. The van der Waals surface area contributed by atoms with Gasteiger partial charge in [0, 0.05) is 42.0 Å². The number of likely N-dealkylation sites (N-methyl/N-ethyl adjacent to an activating group) is 1. The van der Waals surface area contributed by atoms with Gasteiger partial charge in [0.1, 0.15) is 11.5 Å². The van der Waals surface area contributed by atoms with Crippen LogP contribution in [-0.2, 0) is 16.6 Å². The molecule has 1 saturated heterocycles. The maximum Gasteiger partial charge on any atom is 0.298 e. The summed E-state index contributed by atoms with van der Waals surface area (Å²) in [4.78, 5) is 30.6. The number of carbonyl (C=O) groups is 1. The van der Waals surface area contributed by atoms with Crippen LogP contribution in [0, 0.1) is 34.8 Å². The molecule has 1 N–H and O–H groups in total. The van der Waals surface area contributed by atoms with E-state index in [-0.39, 0.29) is 22.6 Å². The van der Waals surface area contributed by atoms with Crippen molar-refractivity contribution in [1.82, 2.24) is 9.80 Å². The van der Waals surface area contributed by atoms with E-state index >= 15 is 0 Å². The largest absolute Gasteiger partial charge is 0.504 e. The number of hydrogen-bond donors (Lipinski definition) is 1. The molecular weight excluding hydrogens is 494 g/mol. The van der Waals surface area contributed by atoms with Crippen LogP contribution in [0.25, 0.3) is 0 Å². The van der Waals surface area contributed by atoms with Gasteiger partial charge >= 0.3 is 0 Å². The van der Waals surface area contributed by atoms with E-state index in [0.29, 0.717) is 37.4 Å². The normalized spacial score (nSPS) is 31.9. The van der Waals surface area contributed by atoms with Crippen molar-refractivity contribution in [3.63, 3.8) is 0 Å². The zero-order chi connectivity index (χ0) is 27.1. The van der Waals surface area contributed by atoms with Gasteiger partial charge < -0.3 is 14.7 Å². The summed E-state index contributed by atoms with van der Waals surface area (Å²) < 4.78 is 6.56. The topological polar surface area (TPSA) is 96.2 Å². The van der Waals surface area contributed by atoms with Crippen LogP contribution in [0.2, 0.25) is 0 Å². The fourth-order valence-electron chi connectivity index (χ4n) is 8.32. The van der Waals surface area contributed by atoms with E-state index in [4.69, 9.17) is 4.74 Å². The zero-order valence-electron chi connectivity index (χ0n) is 22.4. The molecule has 2 aromatic carbocycles. The molecule has 3 fully saturated rings. The lowest BCUT2D eigenvalue weighted by Gasteiger charge is -2.61. The highest BCUT2D eigenvalue weighted by Crippen LogP contribution is 2.66. The summed E-state index contributed by atoms with van der Waals surface area (Å²) in [7, 11) is 1.73. The molecule has 0 aromatic heterocycles. The first-order chi connectivity index (χ1) is 18.8. The van der Waals surface area contributed by atoms with Crippen molar-refractivity contribution in [1.29, 1.82) is 0 Å². The Balaban J connectivity index is 1.30. The highest BCUT2D eigenvalue weighted by Gasteiger charge is 2.80. The van der Waals surface area contributed by atoms with E-state index in [1.165, 1.54) is 12.8 Å². The van der Waals surface area contributed by atoms with Crippen LogP contribution in [0.15, 0.2) is 36.4 Å². The zero-order valence-corrected chi connectivity index (χ0v) is 22.4. The SMILES string of the molecule is Cc1cccc(C#CC(=O)N(C)[C@@H]2CC[C@@]3([N+](=O)[O-])[C@H]4Cc5ccc(O)c6c5[C@@]3(CCN4CC3CC3)[C@H]2O6)c1. The number of hydrogen-bond acceptors (Lipinski definition) is 6. The predicted octanol–water partition coefficient (Wildman–Crippen LogP) is 3.43. The predicted molar refractivity (Wildman–Crippen MR) is 144 cm³/mol. The van der Waals surface area contributed by atoms with Crippen LogP contribution in [0.4, 0.5) is 0 Å². The van der Waals surface area contributed by atoms with Crippen molar-refractivity contribution in [3.8, 4) is 23.3 Å². The first-order valence-electron chi connectivity index (χ1n) is 14.0. The van der Waals surface area contributed by atoms with E-state index < -0.39 is 23.1 Å². The number of nitro groups is 1. The second-order valence-corrected chi connectivity index (χ2v) is 12.2. The molecule has 2 aliphatic heterocycles. The second-order valence-electron chi connectivity index (χ2n) is 12.2. The average molecular weight is 528 g/mol. The molecule has 0 radical (unpaired) electrons.